The predicted molar refractivity (Wildman–Crippen MR) is 109 cm³/mol. The highest BCUT2D eigenvalue weighted by atomic mass is 16.5. The molecule has 1 N–H and O–H groups in total. The fourth-order valence-electron chi connectivity index (χ4n) is 5.63. The Morgan fingerprint density at radius 2 is 2.03 bits per heavy atom. The number of carbonyl (C=O) groups is 2. The Balaban J connectivity index is 1.64. The molecular weight excluding hydrogens is 368 g/mol. The smallest absolute Gasteiger partial charge is 0.253 e. The van der Waals surface area contributed by atoms with Crippen LogP contribution in [0.4, 0.5) is 0 Å². The van der Waals surface area contributed by atoms with Crippen molar-refractivity contribution < 1.29 is 19.4 Å². The van der Waals surface area contributed by atoms with Gasteiger partial charge < -0.3 is 19.6 Å². The van der Waals surface area contributed by atoms with Crippen LogP contribution in [0.5, 0.6) is 5.75 Å². The molecule has 3 fully saturated rings. The molecule has 3 heterocycles. The van der Waals surface area contributed by atoms with Crippen LogP contribution in [0.1, 0.15) is 45.1 Å². The van der Waals surface area contributed by atoms with Crippen LogP contribution in [0, 0.1) is 11.8 Å². The van der Waals surface area contributed by atoms with Gasteiger partial charge in [0.05, 0.1) is 7.11 Å². The number of nitrogens with zero attached hydrogens (tertiary/aromatic N) is 2. The van der Waals surface area contributed by atoms with E-state index in [1.807, 2.05) is 23.1 Å². The fraction of sp³-hybridized carbons (Fsp3) is 0.652. The van der Waals surface area contributed by atoms with Gasteiger partial charge in [-0.05, 0) is 69.1 Å². The molecule has 158 valence electrons. The molecule has 2 amide bonds. The molecule has 0 radical (unpaired) electrons. The van der Waals surface area contributed by atoms with Crippen LogP contribution in [-0.4, -0.2) is 64.6 Å². The maximum Gasteiger partial charge on any atom is 0.253 e. The van der Waals surface area contributed by atoms with E-state index in [0.29, 0.717) is 25.4 Å². The van der Waals surface area contributed by atoms with Crippen LogP contribution in [-0.2, 0) is 16.0 Å². The fourth-order valence-corrected chi connectivity index (χ4v) is 5.63. The number of aliphatic hydroxyl groups is 1. The van der Waals surface area contributed by atoms with Gasteiger partial charge in [0.2, 0.25) is 5.91 Å². The molecule has 3 aliphatic rings. The lowest BCUT2D eigenvalue weighted by molar-refractivity contribution is -0.163. The quantitative estimate of drug-likeness (QED) is 0.842. The average Bonchev–Trinajstić information content (AvgIpc) is 2.70. The highest BCUT2D eigenvalue weighted by Crippen LogP contribution is 2.43. The Morgan fingerprint density at radius 1 is 1.28 bits per heavy atom. The third-order valence-corrected chi connectivity index (χ3v) is 6.89. The van der Waals surface area contributed by atoms with E-state index in [4.69, 9.17) is 4.74 Å². The van der Waals surface area contributed by atoms with Gasteiger partial charge in [-0.1, -0.05) is 12.1 Å². The molecule has 0 aromatic heterocycles. The van der Waals surface area contributed by atoms with Crippen LogP contribution in [0.3, 0.4) is 0 Å². The summed E-state index contributed by atoms with van der Waals surface area (Å²) in [5, 5.41) is 10.3. The monoisotopic (exact) mass is 400 g/mol. The molecule has 0 spiro atoms. The number of fused-ring (bicyclic) bond motifs is 4. The van der Waals surface area contributed by atoms with E-state index in [2.05, 4.69) is 11.0 Å². The summed E-state index contributed by atoms with van der Waals surface area (Å²) >= 11 is 0. The van der Waals surface area contributed by atoms with Crippen LogP contribution < -0.4 is 4.74 Å². The van der Waals surface area contributed by atoms with Crippen LogP contribution in [0.25, 0.3) is 0 Å². The second kappa shape index (κ2) is 7.63. The Bertz CT molecular complexity index is 787. The first kappa shape index (κ1) is 20.2. The van der Waals surface area contributed by atoms with Gasteiger partial charge >= 0.3 is 0 Å². The van der Waals surface area contributed by atoms with Gasteiger partial charge in [-0.15, -0.1) is 0 Å². The summed E-state index contributed by atoms with van der Waals surface area (Å²) in [7, 11) is 1.66. The van der Waals surface area contributed by atoms with Gasteiger partial charge in [0.15, 0.2) is 0 Å². The van der Waals surface area contributed by atoms with E-state index in [0.717, 1.165) is 37.0 Å². The largest absolute Gasteiger partial charge is 0.497 e. The number of rotatable bonds is 4. The number of hydrogen-bond acceptors (Lipinski definition) is 4. The predicted octanol–water partition coefficient (Wildman–Crippen LogP) is 2.24. The normalized spacial score (nSPS) is 29.4. The molecule has 0 unspecified atom stereocenters. The zero-order valence-corrected chi connectivity index (χ0v) is 17.6. The summed E-state index contributed by atoms with van der Waals surface area (Å²) in [6.45, 7) is 4.36. The molecule has 4 atom stereocenters. The summed E-state index contributed by atoms with van der Waals surface area (Å²) in [5.74, 6) is 1.39. The SMILES string of the molecule is COc1cccc(C[C@H]2[C@H]3C[C@H](CN(C(=O)C(C)(C)O)C3)[C@@H]3CCCC(=O)N32)c1. The van der Waals surface area contributed by atoms with Gasteiger partial charge in [-0.3, -0.25) is 9.59 Å². The molecule has 4 rings (SSSR count). The number of ether oxygens (including phenoxy) is 1. The lowest BCUT2D eigenvalue weighted by Crippen LogP contribution is -2.67. The van der Waals surface area contributed by atoms with Crippen molar-refractivity contribution in [2.75, 3.05) is 20.2 Å². The Kier molecular flexibility index (Phi) is 5.32. The summed E-state index contributed by atoms with van der Waals surface area (Å²) < 4.78 is 5.38. The van der Waals surface area contributed by atoms with Gasteiger partial charge in [0.1, 0.15) is 11.4 Å². The average molecular weight is 401 g/mol. The number of benzene rings is 1. The van der Waals surface area contributed by atoms with E-state index in [9.17, 15) is 14.7 Å². The van der Waals surface area contributed by atoms with E-state index in [-0.39, 0.29) is 29.8 Å². The molecule has 0 aliphatic carbocycles. The minimum Gasteiger partial charge on any atom is -0.497 e. The first-order valence-electron chi connectivity index (χ1n) is 10.7. The number of piperidine rings is 3. The third kappa shape index (κ3) is 3.87. The molecule has 6 heteroatoms. The topological polar surface area (TPSA) is 70.1 Å². The first-order valence-corrected chi connectivity index (χ1v) is 10.7. The zero-order valence-electron chi connectivity index (χ0n) is 17.6. The minimum atomic E-state index is -1.37. The number of amides is 2. The standard InChI is InChI=1S/C23H32N2O4/c1-23(2,28)22(27)24-13-16-12-17(14-24)20(25-19(16)8-5-9-21(25)26)11-15-6-4-7-18(10-15)29-3/h4,6-7,10,16-17,19-20,28H,5,8-9,11-14H2,1-3H3/t16-,17+,19+,20+/m1/s1. The number of carbonyl (C=O) groups excluding carboxylic acids is 2. The second-order valence-corrected chi connectivity index (χ2v) is 9.41. The molecule has 6 nitrogen and oxygen atoms in total. The first-order chi connectivity index (χ1) is 13.8. The molecule has 0 saturated carbocycles. The summed E-state index contributed by atoms with van der Waals surface area (Å²) in [6, 6.07) is 8.31. The Morgan fingerprint density at radius 3 is 2.76 bits per heavy atom. The molecular formula is C23H32N2O4. The number of methoxy groups -OCH3 is 1. The molecule has 2 bridgehead atoms. The van der Waals surface area contributed by atoms with Crippen molar-refractivity contribution >= 4 is 11.8 Å². The molecule has 1 aromatic carbocycles. The molecule has 1 aromatic rings. The highest BCUT2D eigenvalue weighted by Gasteiger charge is 2.50. The van der Waals surface area contributed by atoms with Crippen LogP contribution >= 0.6 is 0 Å². The van der Waals surface area contributed by atoms with Crippen molar-refractivity contribution in [1.82, 2.24) is 9.80 Å². The Labute approximate surface area is 172 Å². The van der Waals surface area contributed by atoms with E-state index < -0.39 is 5.60 Å². The van der Waals surface area contributed by atoms with Crippen LogP contribution in [0.2, 0.25) is 0 Å². The summed E-state index contributed by atoms with van der Waals surface area (Å²) in [5.41, 5.74) is -0.216. The van der Waals surface area contributed by atoms with Crippen molar-refractivity contribution in [3.63, 3.8) is 0 Å². The van der Waals surface area contributed by atoms with Crippen molar-refractivity contribution in [2.24, 2.45) is 11.8 Å². The molecule has 3 aliphatic heterocycles. The maximum atomic E-state index is 12.9. The highest BCUT2D eigenvalue weighted by molar-refractivity contribution is 5.84. The lowest BCUT2D eigenvalue weighted by atomic mass is 9.70. The summed E-state index contributed by atoms with van der Waals surface area (Å²) in [4.78, 5) is 29.7. The van der Waals surface area contributed by atoms with Crippen molar-refractivity contribution in [3.05, 3.63) is 29.8 Å². The zero-order chi connectivity index (χ0) is 20.8. The van der Waals surface area contributed by atoms with Crippen LogP contribution in [0.15, 0.2) is 24.3 Å². The van der Waals surface area contributed by atoms with E-state index in [1.54, 1.807) is 21.0 Å². The lowest BCUT2D eigenvalue weighted by Gasteiger charge is -2.57. The van der Waals surface area contributed by atoms with Crippen molar-refractivity contribution in [2.45, 2.75) is 63.6 Å². The van der Waals surface area contributed by atoms with Gasteiger partial charge in [-0.25, -0.2) is 0 Å². The van der Waals surface area contributed by atoms with Gasteiger partial charge in [0, 0.05) is 31.6 Å². The van der Waals surface area contributed by atoms with Gasteiger partial charge in [-0.2, -0.15) is 0 Å². The number of hydrogen-bond donors (Lipinski definition) is 1. The van der Waals surface area contributed by atoms with Gasteiger partial charge in [0.25, 0.3) is 5.91 Å². The second-order valence-electron chi connectivity index (χ2n) is 9.41. The number of likely N-dealkylation sites (tertiary alicyclic amines) is 1. The van der Waals surface area contributed by atoms with Crippen molar-refractivity contribution in [3.8, 4) is 5.75 Å². The van der Waals surface area contributed by atoms with Crippen molar-refractivity contribution in [1.29, 1.82) is 0 Å². The van der Waals surface area contributed by atoms with E-state index in [1.165, 1.54) is 0 Å². The molecule has 29 heavy (non-hydrogen) atoms. The minimum absolute atomic E-state index is 0.0774. The third-order valence-electron chi connectivity index (χ3n) is 6.89. The summed E-state index contributed by atoms with van der Waals surface area (Å²) in [6.07, 6.45) is 4.35. The Hall–Kier alpha value is -2.08. The maximum absolute atomic E-state index is 12.9. The molecule has 3 saturated heterocycles. The van der Waals surface area contributed by atoms with E-state index >= 15 is 0 Å².